The molecule has 0 aliphatic carbocycles. The number of imidazole rings is 1. The van der Waals surface area contributed by atoms with Crippen molar-refractivity contribution in [3.8, 4) is 17.0 Å². The maximum atomic E-state index is 5.98. The van der Waals surface area contributed by atoms with E-state index in [2.05, 4.69) is 9.97 Å². The molecule has 90 valence electrons. The van der Waals surface area contributed by atoms with E-state index in [1.165, 1.54) is 0 Å². The molecule has 1 aromatic carbocycles. The summed E-state index contributed by atoms with van der Waals surface area (Å²) in [6.07, 6.45) is 1.80. The highest BCUT2D eigenvalue weighted by molar-refractivity contribution is 5.59. The maximum absolute atomic E-state index is 5.98. The van der Waals surface area contributed by atoms with Crippen LogP contribution >= 0.6 is 0 Å². The molecule has 2 aromatic rings. The van der Waals surface area contributed by atoms with Crippen LogP contribution in [-0.2, 0) is 5.54 Å². The SMILES string of the molecule is COc1ccc(-c2cnc(C(C)(C)N)[nH]2)cc1. The van der Waals surface area contributed by atoms with Crippen molar-refractivity contribution in [2.24, 2.45) is 5.73 Å². The molecule has 4 nitrogen and oxygen atoms in total. The third kappa shape index (κ3) is 2.47. The van der Waals surface area contributed by atoms with Gasteiger partial charge in [0.15, 0.2) is 0 Å². The molecule has 0 bridgehead atoms. The van der Waals surface area contributed by atoms with Gasteiger partial charge in [-0.25, -0.2) is 4.98 Å². The third-order valence-electron chi connectivity index (χ3n) is 2.59. The van der Waals surface area contributed by atoms with E-state index in [-0.39, 0.29) is 0 Å². The Morgan fingerprint density at radius 2 is 1.88 bits per heavy atom. The Hall–Kier alpha value is -1.81. The van der Waals surface area contributed by atoms with Crippen LogP contribution < -0.4 is 10.5 Å². The molecule has 0 spiro atoms. The molecule has 0 unspecified atom stereocenters. The number of benzene rings is 1. The first-order chi connectivity index (χ1) is 8.00. The minimum atomic E-state index is -0.454. The van der Waals surface area contributed by atoms with E-state index in [9.17, 15) is 0 Å². The van der Waals surface area contributed by atoms with Crippen LogP contribution in [0, 0.1) is 0 Å². The summed E-state index contributed by atoms with van der Waals surface area (Å²) in [5.74, 6) is 1.62. The summed E-state index contributed by atoms with van der Waals surface area (Å²) in [6.45, 7) is 3.84. The van der Waals surface area contributed by atoms with Gasteiger partial charge in [-0.1, -0.05) is 0 Å². The van der Waals surface area contributed by atoms with Crippen molar-refractivity contribution in [2.75, 3.05) is 7.11 Å². The normalized spacial score (nSPS) is 11.5. The molecule has 1 aromatic heterocycles. The fourth-order valence-electron chi connectivity index (χ4n) is 1.57. The van der Waals surface area contributed by atoms with E-state index in [1.54, 1.807) is 13.3 Å². The molecule has 0 aliphatic heterocycles. The molecule has 0 atom stereocenters. The first kappa shape index (κ1) is 11.7. The number of hydrogen-bond donors (Lipinski definition) is 2. The van der Waals surface area contributed by atoms with E-state index in [4.69, 9.17) is 10.5 Å². The van der Waals surface area contributed by atoms with Crippen LogP contribution in [0.1, 0.15) is 19.7 Å². The van der Waals surface area contributed by atoms with Gasteiger partial charge in [-0.05, 0) is 43.7 Å². The number of hydrogen-bond acceptors (Lipinski definition) is 3. The zero-order chi connectivity index (χ0) is 12.5. The Morgan fingerprint density at radius 1 is 1.24 bits per heavy atom. The van der Waals surface area contributed by atoms with Crippen molar-refractivity contribution >= 4 is 0 Å². The standard InChI is InChI=1S/C13H17N3O/c1-13(2,14)12-15-8-11(16-12)9-4-6-10(17-3)7-5-9/h4-8H,14H2,1-3H3,(H,15,16). The Morgan fingerprint density at radius 3 is 2.35 bits per heavy atom. The summed E-state index contributed by atoms with van der Waals surface area (Å²) in [6, 6.07) is 7.81. The lowest BCUT2D eigenvalue weighted by Crippen LogP contribution is -2.30. The van der Waals surface area contributed by atoms with Gasteiger partial charge in [0.05, 0.1) is 24.5 Å². The molecule has 3 N–H and O–H groups in total. The highest BCUT2D eigenvalue weighted by Crippen LogP contribution is 2.22. The average molecular weight is 231 g/mol. The lowest BCUT2D eigenvalue weighted by molar-refractivity contribution is 0.415. The summed E-state index contributed by atoms with van der Waals surface area (Å²) >= 11 is 0. The average Bonchev–Trinajstić information content (AvgIpc) is 2.78. The van der Waals surface area contributed by atoms with Crippen LogP contribution in [0.5, 0.6) is 5.75 Å². The Labute approximate surface area is 101 Å². The van der Waals surface area contributed by atoms with Crippen molar-refractivity contribution in [2.45, 2.75) is 19.4 Å². The lowest BCUT2D eigenvalue weighted by Gasteiger charge is -2.14. The van der Waals surface area contributed by atoms with Crippen molar-refractivity contribution in [1.29, 1.82) is 0 Å². The van der Waals surface area contributed by atoms with E-state index in [0.29, 0.717) is 0 Å². The molecule has 0 fully saturated rings. The van der Waals surface area contributed by atoms with Gasteiger partial charge in [-0.15, -0.1) is 0 Å². The molecule has 0 saturated heterocycles. The van der Waals surface area contributed by atoms with Gasteiger partial charge in [-0.2, -0.15) is 0 Å². The second-order valence-electron chi connectivity index (χ2n) is 4.60. The zero-order valence-corrected chi connectivity index (χ0v) is 10.3. The molecule has 4 heteroatoms. The van der Waals surface area contributed by atoms with Gasteiger partial charge >= 0.3 is 0 Å². The predicted molar refractivity (Wildman–Crippen MR) is 67.8 cm³/mol. The minimum Gasteiger partial charge on any atom is -0.497 e. The van der Waals surface area contributed by atoms with Crippen LogP contribution in [0.25, 0.3) is 11.3 Å². The van der Waals surface area contributed by atoms with E-state index < -0.39 is 5.54 Å². The van der Waals surface area contributed by atoms with E-state index >= 15 is 0 Å². The number of H-pyrrole nitrogens is 1. The number of aromatic nitrogens is 2. The fraction of sp³-hybridized carbons (Fsp3) is 0.308. The van der Waals surface area contributed by atoms with Crippen LogP contribution in [0.15, 0.2) is 30.5 Å². The first-order valence-corrected chi connectivity index (χ1v) is 5.49. The van der Waals surface area contributed by atoms with E-state index in [0.717, 1.165) is 22.8 Å². The zero-order valence-electron chi connectivity index (χ0n) is 10.3. The van der Waals surface area contributed by atoms with Gasteiger partial charge in [0, 0.05) is 0 Å². The van der Waals surface area contributed by atoms with Crippen LogP contribution in [0.2, 0.25) is 0 Å². The summed E-state index contributed by atoms with van der Waals surface area (Å²) in [4.78, 5) is 7.52. The molecule has 1 heterocycles. The van der Waals surface area contributed by atoms with Crippen molar-refractivity contribution < 1.29 is 4.74 Å². The number of rotatable bonds is 3. The molecule has 2 rings (SSSR count). The van der Waals surface area contributed by atoms with E-state index in [1.807, 2.05) is 38.1 Å². The number of nitrogens with zero attached hydrogens (tertiary/aromatic N) is 1. The third-order valence-corrected chi connectivity index (χ3v) is 2.59. The highest BCUT2D eigenvalue weighted by Gasteiger charge is 2.18. The van der Waals surface area contributed by atoms with Gasteiger partial charge in [0.2, 0.25) is 0 Å². The van der Waals surface area contributed by atoms with Crippen LogP contribution in [0.4, 0.5) is 0 Å². The minimum absolute atomic E-state index is 0.454. The predicted octanol–water partition coefficient (Wildman–Crippen LogP) is 2.28. The van der Waals surface area contributed by atoms with Gasteiger partial charge in [-0.3, -0.25) is 0 Å². The van der Waals surface area contributed by atoms with Crippen molar-refractivity contribution in [3.63, 3.8) is 0 Å². The van der Waals surface area contributed by atoms with Crippen molar-refractivity contribution in [3.05, 3.63) is 36.3 Å². The lowest BCUT2D eigenvalue weighted by atomic mass is 10.1. The summed E-state index contributed by atoms with van der Waals surface area (Å²) in [5, 5.41) is 0. The van der Waals surface area contributed by atoms with Gasteiger partial charge < -0.3 is 15.5 Å². The van der Waals surface area contributed by atoms with Crippen LogP contribution in [0.3, 0.4) is 0 Å². The Balaban J connectivity index is 2.30. The van der Waals surface area contributed by atoms with Gasteiger partial charge in [0.1, 0.15) is 11.6 Å². The smallest absolute Gasteiger partial charge is 0.126 e. The fourth-order valence-corrected chi connectivity index (χ4v) is 1.57. The Bertz CT molecular complexity index is 494. The summed E-state index contributed by atoms with van der Waals surface area (Å²) in [7, 11) is 1.65. The molecule has 17 heavy (non-hydrogen) atoms. The maximum Gasteiger partial charge on any atom is 0.126 e. The number of ether oxygens (including phenoxy) is 1. The molecule has 0 saturated carbocycles. The molecular formula is C13H17N3O. The van der Waals surface area contributed by atoms with Crippen LogP contribution in [-0.4, -0.2) is 17.1 Å². The highest BCUT2D eigenvalue weighted by atomic mass is 16.5. The first-order valence-electron chi connectivity index (χ1n) is 5.49. The number of nitrogens with two attached hydrogens (primary N) is 1. The number of aromatic amines is 1. The second kappa shape index (κ2) is 4.22. The molecule has 0 radical (unpaired) electrons. The van der Waals surface area contributed by atoms with Crippen molar-refractivity contribution in [1.82, 2.24) is 9.97 Å². The summed E-state index contributed by atoms with van der Waals surface area (Å²) in [5.41, 5.74) is 7.55. The number of methoxy groups -OCH3 is 1. The molecule has 0 amide bonds. The largest absolute Gasteiger partial charge is 0.497 e. The monoisotopic (exact) mass is 231 g/mol. The molecular weight excluding hydrogens is 214 g/mol. The second-order valence-corrected chi connectivity index (χ2v) is 4.60. The van der Waals surface area contributed by atoms with Gasteiger partial charge in [0.25, 0.3) is 0 Å². The quantitative estimate of drug-likeness (QED) is 0.851. The summed E-state index contributed by atoms with van der Waals surface area (Å²) < 4.78 is 5.12. The topological polar surface area (TPSA) is 63.9 Å². The number of nitrogens with one attached hydrogen (secondary N) is 1. The Kier molecular flexibility index (Phi) is 2.90. The molecule has 0 aliphatic rings.